The van der Waals surface area contributed by atoms with Crippen LogP contribution in [-0.2, 0) is 0 Å². The highest BCUT2D eigenvalue weighted by atomic mass is 79.9. The first-order valence-corrected chi connectivity index (χ1v) is 6.89. The maximum absolute atomic E-state index is 12.4. The van der Waals surface area contributed by atoms with Crippen molar-refractivity contribution in [3.63, 3.8) is 0 Å². The van der Waals surface area contributed by atoms with E-state index in [2.05, 4.69) is 20.9 Å². The van der Waals surface area contributed by atoms with Crippen LogP contribution >= 0.6 is 27.5 Å². The molecule has 0 bridgehead atoms. The molecule has 0 saturated carbocycles. The molecule has 0 saturated heterocycles. The number of fused-ring (bicyclic) bond motifs is 1. The second kappa shape index (κ2) is 4.83. The normalized spacial score (nSPS) is 10.8. The zero-order chi connectivity index (χ0) is 13.4. The first kappa shape index (κ1) is 12.5. The van der Waals surface area contributed by atoms with Crippen molar-refractivity contribution in [3.05, 3.63) is 69.3 Å². The number of halogens is 2. The highest BCUT2D eigenvalue weighted by molar-refractivity contribution is 9.10. The molecular formula is C15H9BrClNO. The molecule has 0 radical (unpaired) electrons. The predicted molar refractivity (Wildman–Crippen MR) is 80.9 cm³/mol. The van der Waals surface area contributed by atoms with Crippen LogP contribution in [0.5, 0.6) is 0 Å². The highest BCUT2D eigenvalue weighted by Gasteiger charge is 2.14. The molecule has 4 heteroatoms. The second-order valence-electron chi connectivity index (χ2n) is 4.23. The summed E-state index contributed by atoms with van der Waals surface area (Å²) in [7, 11) is 0. The average Bonchev–Trinajstić information content (AvgIpc) is 2.81. The van der Waals surface area contributed by atoms with E-state index in [0.29, 0.717) is 16.1 Å². The van der Waals surface area contributed by atoms with Crippen molar-refractivity contribution in [3.8, 4) is 0 Å². The molecule has 3 aromatic rings. The van der Waals surface area contributed by atoms with Gasteiger partial charge < -0.3 is 4.98 Å². The number of aromatic nitrogens is 1. The molecule has 1 N–H and O–H groups in total. The summed E-state index contributed by atoms with van der Waals surface area (Å²) in [6.07, 6.45) is 1.74. The first-order chi connectivity index (χ1) is 9.15. The standard InChI is InChI=1S/C15H9BrClNO/c16-10-3-6-12-13(8-18-14(12)7-10)15(19)9-1-4-11(17)5-2-9/h1-8,18H. The Labute approximate surface area is 123 Å². The topological polar surface area (TPSA) is 32.9 Å². The number of aromatic amines is 1. The van der Waals surface area contributed by atoms with Crippen LogP contribution < -0.4 is 0 Å². The molecule has 94 valence electrons. The Morgan fingerprint density at radius 3 is 2.58 bits per heavy atom. The van der Waals surface area contributed by atoms with Crippen LogP contribution in [0.25, 0.3) is 10.9 Å². The lowest BCUT2D eigenvalue weighted by Crippen LogP contribution is -1.99. The largest absolute Gasteiger partial charge is 0.360 e. The van der Waals surface area contributed by atoms with E-state index in [9.17, 15) is 4.79 Å². The van der Waals surface area contributed by atoms with Crippen molar-refractivity contribution in [2.45, 2.75) is 0 Å². The van der Waals surface area contributed by atoms with E-state index in [0.717, 1.165) is 15.4 Å². The van der Waals surface area contributed by atoms with Gasteiger partial charge in [-0.1, -0.05) is 33.6 Å². The smallest absolute Gasteiger partial charge is 0.195 e. The summed E-state index contributed by atoms with van der Waals surface area (Å²) in [4.78, 5) is 15.6. The van der Waals surface area contributed by atoms with E-state index in [4.69, 9.17) is 11.6 Å². The second-order valence-corrected chi connectivity index (χ2v) is 5.58. The monoisotopic (exact) mass is 333 g/mol. The molecule has 0 atom stereocenters. The summed E-state index contributed by atoms with van der Waals surface area (Å²) in [6, 6.07) is 12.7. The Bertz CT molecular complexity index is 761. The number of H-pyrrole nitrogens is 1. The SMILES string of the molecule is O=C(c1ccc(Cl)cc1)c1c[nH]c2cc(Br)ccc12. The molecule has 0 unspecified atom stereocenters. The lowest BCUT2D eigenvalue weighted by atomic mass is 10.0. The Morgan fingerprint density at radius 1 is 1.11 bits per heavy atom. The number of ketones is 1. The summed E-state index contributed by atoms with van der Waals surface area (Å²) >= 11 is 9.24. The van der Waals surface area contributed by atoms with Crippen LogP contribution in [0.3, 0.4) is 0 Å². The van der Waals surface area contributed by atoms with Crippen molar-refractivity contribution in [1.29, 1.82) is 0 Å². The number of carbonyl (C=O) groups excluding carboxylic acids is 1. The van der Waals surface area contributed by atoms with E-state index in [1.54, 1.807) is 30.5 Å². The van der Waals surface area contributed by atoms with E-state index >= 15 is 0 Å². The number of nitrogens with one attached hydrogen (secondary N) is 1. The van der Waals surface area contributed by atoms with Gasteiger partial charge in [0.1, 0.15) is 0 Å². The molecule has 2 aromatic carbocycles. The third-order valence-electron chi connectivity index (χ3n) is 2.99. The van der Waals surface area contributed by atoms with Crippen molar-refractivity contribution in [2.24, 2.45) is 0 Å². The maximum atomic E-state index is 12.4. The fraction of sp³-hybridized carbons (Fsp3) is 0. The molecule has 0 aliphatic heterocycles. The van der Waals surface area contributed by atoms with E-state index in [1.165, 1.54) is 0 Å². The van der Waals surface area contributed by atoms with E-state index < -0.39 is 0 Å². The Kier molecular flexibility index (Phi) is 3.17. The maximum Gasteiger partial charge on any atom is 0.195 e. The molecule has 0 aliphatic carbocycles. The summed E-state index contributed by atoms with van der Waals surface area (Å²) in [6.45, 7) is 0. The zero-order valence-electron chi connectivity index (χ0n) is 9.78. The summed E-state index contributed by atoms with van der Waals surface area (Å²) < 4.78 is 0.979. The number of hydrogen-bond donors (Lipinski definition) is 1. The molecular weight excluding hydrogens is 326 g/mol. The van der Waals surface area contributed by atoms with Crippen LogP contribution in [0.4, 0.5) is 0 Å². The van der Waals surface area contributed by atoms with Gasteiger partial charge in [-0.25, -0.2) is 0 Å². The number of rotatable bonds is 2. The van der Waals surface area contributed by atoms with E-state index in [1.807, 2.05) is 18.2 Å². The van der Waals surface area contributed by atoms with Crippen LogP contribution in [0.2, 0.25) is 5.02 Å². The lowest BCUT2D eigenvalue weighted by Gasteiger charge is -2.00. The van der Waals surface area contributed by atoms with Gasteiger partial charge in [0.25, 0.3) is 0 Å². The molecule has 19 heavy (non-hydrogen) atoms. The molecule has 2 nitrogen and oxygen atoms in total. The number of benzene rings is 2. The van der Waals surface area contributed by atoms with Crippen molar-refractivity contribution < 1.29 is 4.79 Å². The van der Waals surface area contributed by atoms with Crippen LogP contribution in [0.1, 0.15) is 15.9 Å². The summed E-state index contributed by atoms with van der Waals surface area (Å²) in [5, 5.41) is 1.54. The molecule has 3 rings (SSSR count). The van der Waals surface area contributed by atoms with Crippen LogP contribution in [0.15, 0.2) is 53.1 Å². The molecule has 0 amide bonds. The van der Waals surface area contributed by atoms with Gasteiger partial charge in [-0.05, 0) is 36.4 Å². The average molecular weight is 335 g/mol. The Hall–Kier alpha value is -1.58. The number of carbonyl (C=O) groups is 1. The Balaban J connectivity index is 2.09. The molecule has 0 aliphatic rings. The van der Waals surface area contributed by atoms with Gasteiger partial charge in [-0.2, -0.15) is 0 Å². The quantitative estimate of drug-likeness (QED) is 0.670. The summed E-state index contributed by atoms with van der Waals surface area (Å²) in [5.74, 6) is -0.00904. The molecule has 1 heterocycles. The highest BCUT2D eigenvalue weighted by Crippen LogP contribution is 2.24. The van der Waals surface area contributed by atoms with Gasteiger partial charge in [-0.3, -0.25) is 4.79 Å². The van der Waals surface area contributed by atoms with Gasteiger partial charge in [0, 0.05) is 37.7 Å². The lowest BCUT2D eigenvalue weighted by molar-refractivity contribution is 0.104. The van der Waals surface area contributed by atoms with Crippen molar-refractivity contribution in [1.82, 2.24) is 4.98 Å². The fourth-order valence-corrected chi connectivity index (χ4v) is 2.53. The molecule has 1 aromatic heterocycles. The number of hydrogen-bond acceptors (Lipinski definition) is 1. The summed E-state index contributed by atoms with van der Waals surface area (Å²) in [5.41, 5.74) is 2.24. The molecule has 0 spiro atoms. The van der Waals surface area contributed by atoms with Gasteiger partial charge in [0.05, 0.1) is 0 Å². The predicted octanol–water partition coefficient (Wildman–Crippen LogP) is 4.81. The Morgan fingerprint density at radius 2 is 1.84 bits per heavy atom. The minimum atomic E-state index is -0.00904. The third-order valence-corrected chi connectivity index (χ3v) is 3.74. The minimum Gasteiger partial charge on any atom is -0.360 e. The van der Waals surface area contributed by atoms with Crippen molar-refractivity contribution in [2.75, 3.05) is 0 Å². The fourth-order valence-electron chi connectivity index (χ4n) is 2.04. The van der Waals surface area contributed by atoms with Crippen LogP contribution in [0, 0.1) is 0 Å². The zero-order valence-corrected chi connectivity index (χ0v) is 12.1. The minimum absolute atomic E-state index is 0.00904. The van der Waals surface area contributed by atoms with E-state index in [-0.39, 0.29) is 5.78 Å². The third kappa shape index (κ3) is 2.31. The van der Waals surface area contributed by atoms with Crippen LogP contribution in [-0.4, -0.2) is 10.8 Å². The first-order valence-electron chi connectivity index (χ1n) is 5.72. The van der Waals surface area contributed by atoms with Crippen molar-refractivity contribution >= 4 is 44.2 Å². The van der Waals surface area contributed by atoms with Gasteiger partial charge >= 0.3 is 0 Å². The van der Waals surface area contributed by atoms with Gasteiger partial charge in [0.15, 0.2) is 5.78 Å². The van der Waals surface area contributed by atoms with Gasteiger partial charge in [0.2, 0.25) is 0 Å². The van der Waals surface area contributed by atoms with Gasteiger partial charge in [-0.15, -0.1) is 0 Å². The molecule has 0 fully saturated rings.